The molecular weight excluding hydrogens is 240 g/mol. The summed E-state index contributed by atoms with van der Waals surface area (Å²) in [6, 6.07) is 5.67. The van der Waals surface area contributed by atoms with E-state index in [1.165, 1.54) is 0 Å². The summed E-state index contributed by atoms with van der Waals surface area (Å²) in [5.74, 6) is -0.885. The number of carboxylic acid groups (broad SMARTS) is 1. The first-order chi connectivity index (χ1) is 8.99. The number of carbonyl (C=O) groups is 1. The first-order valence-corrected chi connectivity index (χ1v) is 6.54. The van der Waals surface area contributed by atoms with Crippen molar-refractivity contribution in [2.24, 2.45) is 5.73 Å². The predicted molar refractivity (Wildman–Crippen MR) is 76.8 cm³/mol. The Kier molecular flexibility index (Phi) is 3.62. The molecule has 0 saturated carbocycles. The van der Waals surface area contributed by atoms with E-state index in [9.17, 15) is 9.90 Å². The second kappa shape index (κ2) is 5.05. The van der Waals surface area contributed by atoms with Crippen LogP contribution in [0.1, 0.15) is 41.5 Å². The summed E-state index contributed by atoms with van der Waals surface area (Å²) in [5, 5.41) is 10.4. The highest BCUT2D eigenvalue weighted by Crippen LogP contribution is 2.31. The van der Waals surface area contributed by atoms with Crippen LogP contribution in [-0.2, 0) is 6.42 Å². The van der Waals surface area contributed by atoms with Gasteiger partial charge in [0.2, 0.25) is 0 Å². The molecule has 0 radical (unpaired) electrons. The van der Waals surface area contributed by atoms with Crippen LogP contribution in [0.2, 0.25) is 0 Å². The maximum atomic E-state index is 11.4. The number of fused-ring (bicyclic) bond motifs is 1. The molecule has 0 unspecified atom stereocenters. The summed E-state index contributed by atoms with van der Waals surface area (Å²) in [7, 11) is 0. The van der Waals surface area contributed by atoms with Crippen molar-refractivity contribution in [1.29, 1.82) is 0 Å². The molecule has 0 fully saturated rings. The minimum Gasteiger partial charge on any atom is -0.478 e. The van der Waals surface area contributed by atoms with Crippen molar-refractivity contribution in [3.05, 3.63) is 35.0 Å². The summed E-state index contributed by atoms with van der Waals surface area (Å²) in [4.78, 5) is 11.4. The molecule has 19 heavy (non-hydrogen) atoms. The van der Waals surface area contributed by atoms with Crippen LogP contribution >= 0.6 is 0 Å². The highest BCUT2D eigenvalue weighted by molar-refractivity contribution is 6.04. The number of para-hydroxylation sites is 1. The first kappa shape index (κ1) is 13.6. The van der Waals surface area contributed by atoms with Gasteiger partial charge in [-0.2, -0.15) is 0 Å². The van der Waals surface area contributed by atoms with Gasteiger partial charge in [-0.3, -0.25) is 0 Å². The second-order valence-corrected chi connectivity index (χ2v) is 5.07. The lowest BCUT2D eigenvalue weighted by Gasteiger charge is -2.14. The van der Waals surface area contributed by atoms with Crippen LogP contribution in [0.5, 0.6) is 0 Å². The van der Waals surface area contributed by atoms with E-state index in [4.69, 9.17) is 5.73 Å². The Morgan fingerprint density at radius 2 is 2.11 bits per heavy atom. The van der Waals surface area contributed by atoms with Crippen LogP contribution in [0, 0.1) is 6.92 Å². The Balaban J connectivity index is 2.90. The Labute approximate surface area is 112 Å². The molecule has 0 aliphatic carbocycles. The van der Waals surface area contributed by atoms with E-state index < -0.39 is 5.97 Å². The van der Waals surface area contributed by atoms with Crippen molar-refractivity contribution >= 4 is 16.9 Å². The molecule has 0 bridgehead atoms. The van der Waals surface area contributed by atoms with Crippen molar-refractivity contribution in [3.8, 4) is 0 Å². The van der Waals surface area contributed by atoms with Crippen molar-refractivity contribution in [3.63, 3.8) is 0 Å². The molecule has 0 aliphatic heterocycles. The van der Waals surface area contributed by atoms with Crippen LogP contribution in [0.15, 0.2) is 18.2 Å². The standard InChI is InChI=1S/C15H20N2O2/c1-9(2)17-10(3)11(7-8-16)12-5-4-6-13(14(12)17)15(18)19/h4-6,9H,7-8,16H2,1-3H3,(H,18,19). The lowest BCUT2D eigenvalue weighted by Crippen LogP contribution is -2.08. The molecule has 1 aromatic carbocycles. The highest BCUT2D eigenvalue weighted by atomic mass is 16.4. The van der Waals surface area contributed by atoms with Gasteiger partial charge in [0.05, 0.1) is 11.1 Å². The van der Waals surface area contributed by atoms with Crippen molar-refractivity contribution in [1.82, 2.24) is 4.57 Å². The minimum absolute atomic E-state index is 0.217. The van der Waals surface area contributed by atoms with Crippen LogP contribution in [0.3, 0.4) is 0 Å². The summed E-state index contributed by atoms with van der Waals surface area (Å²) < 4.78 is 2.10. The van der Waals surface area contributed by atoms with E-state index in [1.54, 1.807) is 12.1 Å². The number of hydrogen-bond acceptors (Lipinski definition) is 2. The molecule has 3 N–H and O–H groups in total. The number of aromatic nitrogens is 1. The van der Waals surface area contributed by atoms with Gasteiger partial charge in [-0.05, 0) is 45.4 Å². The average Bonchev–Trinajstić information content (AvgIpc) is 2.62. The van der Waals surface area contributed by atoms with Crippen molar-refractivity contribution in [2.45, 2.75) is 33.2 Å². The van der Waals surface area contributed by atoms with Crippen molar-refractivity contribution in [2.75, 3.05) is 6.54 Å². The molecule has 1 heterocycles. The normalized spacial score (nSPS) is 11.4. The Hall–Kier alpha value is -1.81. The number of carboxylic acids is 1. The van der Waals surface area contributed by atoms with Gasteiger partial charge >= 0.3 is 5.97 Å². The molecular formula is C15H20N2O2. The molecule has 0 amide bonds. The Bertz CT molecular complexity index is 627. The number of nitrogens with zero attached hydrogens (tertiary/aromatic N) is 1. The topological polar surface area (TPSA) is 68.2 Å². The van der Waals surface area contributed by atoms with Crippen LogP contribution < -0.4 is 5.73 Å². The fourth-order valence-electron chi connectivity index (χ4n) is 2.83. The lowest BCUT2D eigenvalue weighted by atomic mass is 10.1. The third-order valence-electron chi connectivity index (χ3n) is 3.54. The fraction of sp³-hybridized carbons (Fsp3) is 0.400. The minimum atomic E-state index is -0.885. The Morgan fingerprint density at radius 3 is 2.63 bits per heavy atom. The van der Waals surface area contributed by atoms with Crippen LogP contribution in [0.25, 0.3) is 10.9 Å². The van der Waals surface area contributed by atoms with Gasteiger partial charge in [-0.15, -0.1) is 0 Å². The van der Waals surface area contributed by atoms with Gasteiger partial charge in [0.15, 0.2) is 0 Å². The smallest absolute Gasteiger partial charge is 0.337 e. The number of rotatable bonds is 4. The van der Waals surface area contributed by atoms with Crippen LogP contribution in [-0.4, -0.2) is 22.2 Å². The van der Waals surface area contributed by atoms with E-state index in [2.05, 4.69) is 18.4 Å². The quantitative estimate of drug-likeness (QED) is 0.888. The van der Waals surface area contributed by atoms with Gasteiger partial charge in [0.1, 0.15) is 0 Å². The predicted octanol–water partition coefficient (Wildman–Crippen LogP) is 2.73. The highest BCUT2D eigenvalue weighted by Gasteiger charge is 2.20. The fourth-order valence-corrected chi connectivity index (χ4v) is 2.83. The molecule has 0 spiro atoms. The van der Waals surface area contributed by atoms with E-state index >= 15 is 0 Å². The average molecular weight is 260 g/mol. The number of benzene rings is 1. The zero-order valence-electron chi connectivity index (χ0n) is 11.6. The number of nitrogens with two attached hydrogens (primary N) is 1. The summed E-state index contributed by atoms with van der Waals surface area (Å²) in [6.45, 7) is 6.74. The maximum Gasteiger partial charge on any atom is 0.337 e. The molecule has 102 valence electrons. The molecule has 2 aromatic rings. The third-order valence-corrected chi connectivity index (χ3v) is 3.54. The first-order valence-electron chi connectivity index (χ1n) is 6.54. The van der Waals surface area contributed by atoms with Crippen molar-refractivity contribution < 1.29 is 9.90 Å². The molecule has 2 rings (SSSR count). The van der Waals surface area contributed by atoms with Gasteiger partial charge in [-0.1, -0.05) is 12.1 Å². The maximum absolute atomic E-state index is 11.4. The van der Waals surface area contributed by atoms with E-state index in [0.717, 1.165) is 28.6 Å². The monoisotopic (exact) mass is 260 g/mol. The van der Waals surface area contributed by atoms with Gasteiger partial charge in [-0.25, -0.2) is 4.79 Å². The van der Waals surface area contributed by atoms with Gasteiger partial charge in [0, 0.05) is 17.1 Å². The second-order valence-electron chi connectivity index (χ2n) is 5.07. The SMILES string of the molecule is Cc1c(CCN)c2cccc(C(=O)O)c2n1C(C)C. The van der Waals surface area contributed by atoms with E-state index in [0.29, 0.717) is 12.1 Å². The zero-order valence-corrected chi connectivity index (χ0v) is 11.6. The summed E-state index contributed by atoms with van der Waals surface area (Å²) in [6.07, 6.45) is 0.769. The molecule has 1 aromatic heterocycles. The molecule has 0 aliphatic rings. The molecule has 0 saturated heterocycles. The third kappa shape index (κ3) is 2.12. The molecule has 4 nitrogen and oxygen atoms in total. The number of aromatic carboxylic acids is 1. The van der Waals surface area contributed by atoms with Crippen LogP contribution in [0.4, 0.5) is 0 Å². The lowest BCUT2D eigenvalue weighted by molar-refractivity contribution is 0.0698. The van der Waals surface area contributed by atoms with E-state index in [1.807, 2.05) is 13.0 Å². The zero-order chi connectivity index (χ0) is 14.2. The van der Waals surface area contributed by atoms with Gasteiger partial charge < -0.3 is 15.4 Å². The Morgan fingerprint density at radius 1 is 1.42 bits per heavy atom. The summed E-state index contributed by atoms with van der Waals surface area (Å²) >= 11 is 0. The molecule has 4 heteroatoms. The number of hydrogen-bond donors (Lipinski definition) is 2. The summed E-state index contributed by atoms with van der Waals surface area (Å²) in [5.41, 5.74) is 9.12. The van der Waals surface area contributed by atoms with E-state index in [-0.39, 0.29) is 6.04 Å². The van der Waals surface area contributed by atoms with Gasteiger partial charge in [0.25, 0.3) is 0 Å². The molecule has 0 atom stereocenters. The largest absolute Gasteiger partial charge is 0.478 e.